The molecule has 0 spiro atoms. The molecule has 2 aromatic carbocycles. The molecule has 0 saturated carbocycles. The molecule has 2 atom stereocenters. The lowest BCUT2D eigenvalue weighted by Gasteiger charge is -2.20. The Morgan fingerprint density at radius 2 is 1.75 bits per heavy atom. The zero-order chi connectivity index (χ0) is 23.5. The van der Waals surface area contributed by atoms with E-state index in [0.29, 0.717) is 29.0 Å². The normalized spacial score (nSPS) is 12.0. The summed E-state index contributed by atoms with van der Waals surface area (Å²) in [6.45, 7) is 0. The average molecular weight is 477 g/mol. The summed E-state index contributed by atoms with van der Waals surface area (Å²) in [5.74, 6) is -0.617. The quantitative estimate of drug-likeness (QED) is 0.123. The lowest BCUT2D eigenvalue weighted by Crippen LogP contribution is -2.46. The van der Waals surface area contributed by atoms with E-state index in [-0.39, 0.29) is 11.5 Å². The van der Waals surface area contributed by atoms with Crippen LogP contribution in [0, 0.1) is 5.92 Å². The van der Waals surface area contributed by atoms with E-state index in [0.717, 1.165) is 0 Å². The molecule has 4 N–H and O–H groups in total. The van der Waals surface area contributed by atoms with Crippen molar-refractivity contribution in [1.82, 2.24) is 16.2 Å². The highest BCUT2D eigenvalue weighted by molar-refractivity contribution is 7.81. The monoisotopic (exact) mass is 476 g/mol. The van der Waals surface area contributed by atoms with E-state index in [1.54, 1.807) is 42.5 Å². The van der Waals surface area contributed by atoms with Crippen LogP contribution in [0.5, 0.6) is 11.5 Å². The Morgan fingerprint density at radius 3 is 2.38 bits per heavy atom. The summed E-state index contributed by atoms with van der Waals surface area (Å²) in [7, 11) is 3.05. The van der Waals surface area contributed by atoms with Gasteiger partial charge in [-0.05, 0) is 48.6 Å². The van der Waals surface area contributed by atoms with Crippen LogP contribution in [-0.2, 0) is 9.59 Å². The van der Waals surface area contributed by atoms with Crippen molar-refractivity contribution in [2.75, 3.05) is 19.5 Å². The molecule has 0 bridgehead atoms. The Morgan fingerprint density at radius 1 is 1.06 bits per heavy atom. The number of ether oxygens (including phenoxy) is 2. The van der Waals surface area contributed by atoms with E-state index in [1.807, 2.05) is 6.07 Å². The molecule has 11 heteroatoms. The van der Waals surface area contributed by atoms with Gasteiger partial charge >= 0.3 is 0 Å². The fourth-order valence-corrected chi connectivity index (χ4v) is 3.05. The number of thiocarbonyl (C=S) groups is 1. The van der Waals surface area contributed by atoms with Crippen molar-refractivity contribution in [3.05, 3.63) is 54.1 Å². The van der Waals surface area contributed by atoms with Crippen LogP contribution in [-0.4, -0.2) is 42.8 Å². The molecule has 0 fully saturated rings. The number of aldehydes is 1. The number of hydrogen-bond donors (Lipinski definition) is 5. The molecule has 0 aliphatic carbocycles. The third-order valence-corrected chi connectivity index (χ3v) is 5.02. The van der Waals surface area contributed by atoms with Crippen molar-refractivity contribution >= 4 is 53.7 Å². The summed E-state index contributed by atoms with van der Waals surface area (Å²) in [6, 6.07) is 13.6. The van der Waals surface area contributed by atoms with Crippen molar-refractivity contribution in [3.63, 3.8) is 0 Å². The van der Waals surface area contributed by atoms with Crippen molar-refractivity contribution in [1.29, 1.82) is 0 Å². The van der Waals surface area contributed by atoms with Gasteiger partial charge in [0, 0.05) is 12.0 Å². The molecule has 0 heterocycles. The Hall–Kier alpha value is -3.31. The van der Waals surface area contributed by atoms with Gasteiger partial charge in [0.1, 0.15) is 17.8 Å². The molecular weight excluding hydrogens is 452 g/mol. The highest BCUT2D eigenvalue weighted by atomic mass is 32.1. The first-order chi connectivity index (χ1) is 15.4. The predicted octanol–water partition coefficient (Wildman–Crippen LogP) is 1.91. The number of amides is 2. The van der Waals surface area contributed by atoms with Gasteiger partial charge in [-0.25, -0.2) is 0 Å². The fourth-order valence-electron chi connectivity index (χ4n) is 2.59. The molecule has 0 aliphatic rings. The highest BCUT2D eigenvalue weighted by Gasteiger charge is 2.23. The number of carbonyl (C=O) groups excluding carboxylic acids is 3. The molecule has 2 aromatic rings. The lowest BCUT2D eigenvalue weighted by atomic mass is 10.1. The standard InChI is InChI=1S/C21H24N4O5S2/c1-29-15-9-7-13(8-10-15)19(28)23-20(31)14(12-26)11-18(27)24-25-21(32)22-16-5-3-4-6-17(16)30-2/h3-10,12,14,20,31H,11H2,1-2H3,(H,23,28)(H,24,27)(H2,22,25,32). The van der Waals surface area contributed by atoms with Crippen LogP contribution < -0.4 is 31.0 Å². The minimum atomic E-state index is -0.869. The molecule has 0 saturated heterocycles. The van der Waals surface area contributed by atoms with E-state index < -0.39 is 23.1 Å². The summed E-state index contributed by atoms with van der Waals surface area (Å²) in [5.41, 5.74) is 5.94. The van der Waals surface area contributed by atoms with Gasteiger partial charge in [-0.2, -0.15) is 12.6 Å². The Balaban J connectivity index is 1.83. The second kappa shape index (κ2) is 12.5. The fraction of sp³-hybridized carbons (Fsp3) is 0.238. The van der Waals surface area contributed by atoms with E-state index >= 15 is 0 Å². The number of hydrazine groups is 1. The van der Waals surface area contributed by atoms with Gasteiger partial charge in [-0.3, -0.25) is 20.4 Å². The zero-order valence-electron chi connectivity index (χ0n) is 17.5. The third kappa shape index (κ3) is 7.43. The largest absolute Gasteiger partial charge is 0.497 e. The number of hydrogen-bond acceptors (Lipinski definition) is 7. The molecule has 0 aliphatic heterocycles. The van der Waals surface area contributed by atoms with Crippen LogP contribution in [0.4, 0.5) is 5.69 Å². The maximum Gasteiger partial charge on any atom is 0.252 e. The molecule has 0 aromatic heterocycles. The van der Waals surface area contributed by atoms with E-state index in [9.17, 15) is 14.4 Å². The molecule has 2 rings (SSSR count). The van der Waals surface area contributed by atoms with E-state index in [1.165, 1.54) is 14.2 Å². The van der Waals surface area contributed by atoms with Crippen LogP contribution in [0.2, 0.25) is 0 Å². The Labute approximate surface area is 196 Å². The average Bonchev–Trinajstić information content (AvgIpc) is 2.81. The number of methoxy groups -OCH3 is 2. The van der Waals surface area contributed by atoms with Gasteiger partial charge in [0.15, 0.2) is 5.11 Å². The first-order valence-electron chi connectivity index (χ1n) is 9.45. The predicted molar refractivity (Wildman–Crippen MR) is 128 cm³/mol. The van der Waals surface area contributed by atoms with Gasteiger partial charge < -0.3 is 24.9 Å². The number of benzene rings is 2. The van der Waals surface area contributed by atoms with Crippen molar-refractivity contribution in [2.24, 2.45) is 5.92 Å². The van der Waals surface area contributed by atoms with E-state index in [4.69, 9.17) is 21.7 Å². The van der Waals surface area contributed by atoms with Gasteiger partial charge in [-0.15, -0.1) is 0 Å². The SMILES string of the molecule is COc1ccc(C(=O)NC(S)C(C=O)CC(=O)NNC(=S)Nc2ccccc2OC)cc1. The number of carbonyl (C=O) groups is 3. The number of rotatable bonds is 9. The van der Waals surface area contributed by atoms with E-state index in [2.05, 4.69) is 34.1 Å². The Kier molecular flexibility index (Phi) is 9.76. The van der Waals surface area contributed by atoms with Crippen LogP contribution in [0.25, 0.3) is 0 Å². The smallest absolute Gasteiger partial charge is 0.252 e. The summed E-state index contributed by atoms with van der Waals surface area (Å²) in [4.78, 5) is 36.0. The summed E-state index contributed by atoms with van der Waals surface area (Å²) in [6.07, 6.45) is 0.349. The van der Waals surface area contributed by atoms with Gasteiger partial charge in [-0.1, -0.05) is 12.1 Å². The summed E-state index contributed by atoms with van der Waals surface area (Å²) in [5, 5.41) is 4.75. The zero-order valence-corrected chi connectivity index (χ0v) is 19.2. The minimum absolute atomic E-state index is 0.126. The summed E-state index contributed by atoms with van der Waals surface area (Å²) >= 11 is 9.41. The van der Waals surface area contributed by atoms with Gasteiger partial charge in [0.05, 0.1) is 31.2 Å². The molecule has 32 heavy (non-hydrogen) atoms. The molecular formula is C21H24N4O5S2. The second-order valence-corrected chi connectivity index (χ2v) is 7.44. The molecule has 9 nitrogen and oxygen atoms in total. The maximum atomic E-state index is 12.3. The van der Waals surface area contributed by atoms with Crippen molar-refractivity contribution in [3.8, 4) is 11.5 Å². The first kappa shape index (κ1) is 25.0. The van der Waals surface area contributed by atoms with Crippen LogP contribution >= 0.6 is 24.8 Å². The first-order valence-corrected chi connectivity index (χ1v) is 10.4. The van der Waals surface area contributed by atoms with Crippen LogP contribution in [0.1, 0.15) is 16.8 Å². The number of anilines is 1. The van der Waals surface area contributed by atoms with Gasteiger partial charge in [0.25, 0.3) is 5.91 Å². The minimum Gasteiger partial charge on any atom is -0.497 e. The summed E-state index contributed by atoms with van der Waals surface area (Å²) < 4.78 is 10.3. The maximum absolute atomic E-state index is 12.3. The molecule has 0 radical (unpaired) electrons. The number of para-hydroxylation sites is 2. The van der Waals surface area contributed by atoms with Crippen molar-refractivity contribution < 1.29 is 23.9 Å². The molecule has 2 amide bonds. The van der Waals surface area contributed by atoms with Gasteiger partial charge in [0.2, 0.25) is 5.91 Å². The second-order valence-electron chi connectivity index (χ2n) is 6.48. The highest BCUT2D eigenvalue weighted by Crippen LogP contribution is 2.22. The number of nitrogens with one attached hydrogen (secondary N) is 4. The third-order valence-electron chi connectivity index (χ3n) is 4.30. The molecule has 2 unspecified atom stereocenters. The topological polar surface area (TPSA) is 118 Å². The van der Waals surface area contributed by atoms with Crippen LogP contribution in [0.3, 0.4) is 0 Å². The lowest BCUT2D eigenvalue weighted by molar-refractivity contribution is -0.125. The number of thiol groups is 1. The Bertz CT molecular complexity index is 955. The van der Waals surface area contributed by atoms with Crippen molar-refractivity contribution in [2.45, 2.75) is 11.8 Å². The van der Waals surface area contributed by atoms with Crippen LogP contribution in [0.15, 0.2) is 48.5 Å². The molecule has 170 valence electrons.